The summed E-state index contributed by atoms with van der Waals surface area (Å²) in [4.78, 5) is 2.41. The molecule has 0 aromatic heterocycles. The van der Waals surface area contributed by atoms with E-state index in [1.165, 1.54) is 11.6 Å². The fourth-order valence-electron chi connectivity index (χ4n) is 2.10. The van der Waals surface area contributed by atoms with Gasteiger partial charge in [-0.1, -0.05) is 30.3 Å². The van der Waals surface area contributed by atoms with Crippen LogP contribution >= 0.6 is 0 Å². The second-order valence-corrected chi connectivity index (χ2v) is 3.56. The Morgan fingerprint density at radius 2 is 2.08 bits per heavy atom. The lowest BCUT2D eigenvalue weighted by Gasteiger charge is -2.51. The summed E-state index contributed by atoms with van der Waals surface area (Å²) in [6.45, 7) is 3.03. The number of fused-ring (bicyclic) bond motifs is 2. The van der Waals surface area contributed by atoms with Crippen LogP contribution in [0.4, 0.5) is 0 Å². The van der Waals surface area contributed by atoms with Crippen molar-refractivity contribution in [2.45, 2.75) is 6.10 Å². The van der Waals surface area contributed by atoms with Crippen molar-refractivity contribution in [1.29, 1.82) is 0 Å². The fourth-order valence-corrected chi connectivity index (χ4v) is 2.10. The molecule has 2 heterocycles. The highest BCUT2D eigenvalue weighted by atomic mass is 16.5. The highest BCUT2D eigenvalue weighted by Gasteiger charge is 2.44. The lowest BCUT2D eigenvalue weighted by atomic mass is 9.90. The molecule has 2 heteroatoms. The average molecular weight is 174 g/mol. The maximum Gasteiger partial charge on any atom is 0.0994 e. The highest BCUT2D eigenvalue weighted by Crippen LogP contribution is 2.36. The second-order valence-electron chi connectivity index (χ2n) is 3.56. The molecule has 2 fully saturated rings. The Hall–Kier alpha value is -0.860. The van der Waals surface area contributed by atoms with Gasteiger partial charge in [0, 0.05) is 13.1 Å². The van der Waals surface area contributed by atoms with Gasteiger partial charge in [-0.05, 0) is 5.56 Å². The summed E-state index contributed by atoms with van der Waals surface area (Å²) >= 11 is 0. The minimum atomic E-state index is 0.371. The van der Waals surface area contributed by atoms with Gasteiger partial charge < -0.3 is 4.74 Å². The van der Waals surface area contributed by atoms with Gasteiger partial charge in [0.2, 0.25) is 0 Å². The van der Waals surface area contributed by atoms with Crippen LogP contribution in [0, 0.1) is 6.04 Å². The Balaban J connectivity index is 1.87. The molecular formula is C11H12NO. The molecule has 0 aliphatic carbocycles. The summed E-state index contributed by atoms with van der Waals surface area (Å²) in [5.74, 6) is 0. The number of morpholine rings is 2. The zero-order valence-corrected chi connectivity index (χ0v) is 7.44. The second kappa shape index (κ2) is 2.82. The van der Waals surface area contributed by atoms with Crippen LogP contribution in [-0.4, -0.2) is 30.7 Å². The molecule has 2 bridgehead atoms. The monoisotopic (exact) mass is 174 g/mol. The van der Waals surface area contributed by atoms with E-state index in [0.717, 1.165) is 19.7 Å². The van der Waals surface area contributed by atoms with Gasteiger partial charge in [0.15, 0.2) is 0 Å². The van der Waals surface area contributed by atoms with Crippen molar-refractivity contribution in [1.82, 2.24) is 4.90 Å². The standard InChI is InChI=1S/C11H12NO/c1-2-4-9(5-3-1)11-10-8-12(11)6-7-13-10/h1-5,10H,6-8H2. The van der Waals surface area contributed by atoms with Gasteiger partial charge in [0.25, 0.3) is 0 Å². The first-order chi connectivity index (χ1) is 6.45. The van der Waals surface area contributed by atoms with Crippen molar-refractivity contribution in [2.24, 2.45) is 0 Å². The van der Waals surface area contributed by atoms with Gasteiger partial charge in [-0.15, -0.1) is 0 Å². The van der Waals surface area contributed by atoms with Crippen LogP contribution < -0.4 is 0 Å². The minimum Gasteiger partial charge on any atom is -0.373 e. The first-order valence-corrected chi connectivity index (χ1v) is 4.74. The summed E-state index contributed by atoms with van der Waals surface area (Å²) in [7, 11) is 0. The molecule has 13 heavy (non-hydrogen) atoms. The van der Waals surface area contributed by atoms with E-state index in [1.807, 2.05) is 0 Å². The largest absolute Gasteiger partial charge is 0.373 e. The van der Waals surface area contributed by atoms with Crippen molar-refractivity contribution >= 4 is 0 Å². The summed E-state index contributed by atoms with van der Waals surface area (Å²) in [6, 6.07) is 11.9. The maximum absolute atomic E-state index is 5.63. The van der Waals surface area contributed by atoms with E-state index in [0.29, 0.717) is 6.10 Å². The predicted molar refractivity (Wildman–Crippen MR) is 50.1 cm³/mol. The molecule has 67 valence electrons. The third-order valence-corrected chi connectivity index (χ3v) is 2.78. The van der Waals surface area contributed by atoms with Crippen LogP contribution in [0.25, 0.3) is 0 Å². The van der Waals surface area contributed by atoms with Crippen LogP contribution in [0.2, 0.25) is 0 Å². The normalized spacial score (nSPS) is 32.6. The average Bonchev–Trinajstić information content (AvgIpc) is 2.20. The Kier molecular flexibility index (Phi) is 1.64. The molecule has 2 unspecified atom stereocenters. The Labute approximate surface area is 78.1 Å². The summed E-state index contributed by atoms with van der Waals surface area (Å²) in [5.41, 5.74) is 1.32. The summed E-state index contributed by atoms with van der Waals surface area (Å²) in [6.07, 6.45) is 0.371. The van der Waals surface area contributed by atoms with Crippen molar-refractivity contribution in [3.63, 3.8) is 0 Å². The number of benzene rings is 1. The van der Waals surface area contributed by atoms with E-state index in [1.54, 1.807) is 0 Å². The zero-order valence-electron chi connectivity index (χ0n) is 7.44. The predicted octanol–water partition coefficient (Wildman–Crippen LogP) is 1.28. The zero-order chi connectivity index (χ0) is 8.67. The molecule has 3 rings (SSSR count). The van der Waals surface area contributed by atoms with E-state index in [9.17, 15) is 0 Å². The Morgan fingerprint density at radius 3 is 2.69 bits per heavy atom. The van der Waals surface area contributed by atoms with Crippen molar-refractivity contribution in [2.75, 3.05) is 19.7 Å². The van der Waals surface area contributed by atoms with Gasteiger partial charge in [-0.2, -0.15) is 0 Å². The number of hydrogen-bond donors (Lipinski definition) is 0. The van der Waals surface area contributed by atoms with Crippen molar-refractivity contribution in [3.8, 4) is 0 Å². The molecule has 0 spiro atoms. The molecule has 0 N–H and O–H groups in total. The first kappa shape index (κ1) is 7.54. The van der Waals surface area contributed by atoms with Gasteiger partial charge >= 0.3 is 0 Å². The third kappa shape index (κ3) is 1.10. The van der Waals surface area contributed by atoms with Crippen LogP contribution in [0.5, 0.6) is 0 Å². The molecule has 2 nitrogen and oxygen atoms in total. The third-order valence-electron chi connectivity index (χ3n) is 2.78. The molecule has 2 saturated heterocycles. The van der Waals surface area contributed by atoms with Gasteiger partial charge in [0.1, 0.15) is 0 Å². The quantitative estimate of drug-likeness (QED) is 0.636. The highest BCUT2D eigenvalue weighted by molar-refractivity contribution is 5.36. The molecule has 0 amide bonds. The topological polar surface area (TPSA) is 12.5 Å². The van der Waals surface area contributed by atoms with Crippen LogP contribution in [0.3, 0.4) is 0 Å². The van der Waals surface area contributed by atoms with Crippen LogP contribution in [0.15, 0.2) is 30.3 Å². The van der Waals surface area contributed by atoms with E-state index in [-0.39, 0.29) is 0 Å². The number of ether oxygens (including phenoxy) is 1. The molecule has 1 radical (unpaired) electrons. The molecule has 2 aliphatic heterocycles. The van der Waals surface area contributed by atoms with E-state index < -0.39 is 0 Å². The summed E-state index contributed by atoms with van der Waals surface area (Å²) in [5, 5.41) is 0. The SMILES string of the molecule is c1ccc([C]2C3CN2CCO3)cc1. The fraction of sp³-hybridized carbons (Fsp3) is 0.364. The maximum atomic E-state index is 5.63. The van der Waals surface area contributed by atoms with Gasteiger partial charge in [-0.25, -0.2) is 0 Å². The first-order valence-electron chi connectivity index (χ1n) is 4.74. The molecule has 1 aromatic carbocycles. The molecule has 0 saturated carbocycles. The Bertz CT molecular complexity index is 284. The molecule has 2 aliphatic rings. The molecule has 1 aromatic rings. The smallest absolute Gasteiger partial charge is 0.0994 e. The number of rotatable bonds is 1. The van der Waals surface area contributed by atoms with E-state index >= 15 is 0 Å². The molecule has 2 atom stereocenters. The lowest BCUT2D eigenvalue weighted by molar-refractivity contribution is -0.1000. The van der Waals surface area contributed by atoms with Gasteiger partial charge in [-0.3, -0.25) is 4.90 Å². The summed E-state index contributed by atoms with van der Waals surface area (Å²) < 4.78 is 5.63. The number of nitrogens with zero attached hydrogens (tertiary/aromatic N) is 1. The van der Waals surface area contributed by atoms with Gasteiger partial charge in [0.05, 0.1) is 18.8 Å². The van der Waals surface area contributed by atoms with E-state index in [4.69, 9.17) is 4.74 Å². The van der Waals surface area contributed by atoms with Crippen LogP contribution in [0.1, 0.15) is 5.56 Å². The van der Waals surface area contributed by atoms with Crippen molar-refractivity contribution in [3.05, 3.63) is 41.9 Å². The lowest BCUT2D eigenvalue weighted by Crippen LogP contribution is -2.60. The van der Waals surface area contributed by atoms with Crippen LogP contribution in [-0.2, 0) is 4.74 Å². The van der Waals surface area contributed by atoms with Crippen molar-refractivity contribution < 1.29 is 4.74 Å². The number of hydrogen-bond acceptors (Lipinski definition) is 2. The molecular weight excluding hydrogens is 162 g/mol. The minimum absolute atomic E-state index is 0.371. The Morgan fingerprint density at radius 1 is 1.23 bits per heavy atom. The van der Waals surface area contributed by atoms with E-state index in [2.05, 4.69) is 35.2 Å².